The number of aromatic nitrogens is 2. The van der Waals surface area contributed by atoms with Crippen molar-refractivity contribution in [2.45, 2.75) is 38.7 Å². The molecule has 15 heavy (non-hydrogen) atoms. The van der Waals surface area contributed by atoms with Crippen LogP contribution in [0.2, 0.25) is 0 Å². The average molecular weight is 273 g/mol. The lowest BCUT2D eigenvalue weighted by Crippen LogP contribution is -2.27. The van der Waals surface area contributed by atoms with Crippen LogP contribution < -0.4 is 0 Å². The quantitative estimate of drug-likeness (QED) is 0.854. The summed E-state index contributed by atoms with van der Waals surface area (Å²) in [5.74, 6) is 0. The second kappa shape index (κ2) is 3.32. The number of halogens is 1. The molecule has 0 aromatic carbocycles. The molecule has 1 aromatic heterocycles. The van der Waals surface area contributed by atoms with Crippen molar-refractivity contribution in [1.29, 1.82) is 0 Å². The molecule has 1 aliphatic carbocycles. The molecule has 0 bridgehead atoms. The van der Waals surface area contributed by atoms with Gasteiger partial charge >= 0.3 is 0 Å². The Labute approximate surface area is 98.6 Å². The fourth-order valence-electron chi connectivity index (χ4n) is 2.65. The molecule has 0 radical (unpaired) electrons. The van der Waals surface area contributed by atoms with Gasteiger partial charge in [-0.3, -0.25) is 4.68 Å². The monoisotopic (exact) mass is 272 g/mol. The predicted molar refractivity (Wildman–Crippen MR) is 62.4 cm³/mol. The van der Waals surface area contributed by atoms with Crippen molar-refractivity contribution in [2.75, 3.05) is 0 Å². The molecule has 3 nitrogen and oxygen atoms in total. The normalized spacial score (nSPS) is 29.7. The summed E-state index contributed by atoms with van der Waals surface area (Å²) in [6, 6.07) is 0. The number of aryl methyl sites for hydroxylation is 1. The van der Waals surface area contributed by atoms with Gasteiger partial charge in [0, 0.05) is 7.05 Å². The van der Waals surface area contributed by atoms with Crippen molar-refractivity contribution >= 4 is 15.9 Å². The molecule has 0 amide bonds. The Bertz CT molecular complexity index is 366. The Kier molecular flexibility index (Phi) is 2.47. The average Bonchev–Trinajstić information content (AvgIpc) is 2.55. The highest BCUT2D eigenvalue weighted by Gasteiger charge is 2.45. The Morgan fingerprint density at radius 3 is 2.53 bits per heavy atom. The van der Waals surface area contributed by atoms with Gasteiger partial charge in [-0.25, -0.2) is 0 Å². The summed E-state index contributed by atoms with van der Waals surface area (Å²) in [5, 5.41) is 14.8. The van der Waals surface area contributed by atoms with Crippen LogP contribution in [-0.2, 0) is 12.6 Å². The molecule has 1 N–H and O–H groups in total. The van der Waals surface area contributed by atoms with E-state index < -0.39 is 5.60 Å². The molecule has 0 spiro atoms. The van der Waals surface area contributed by atoms with Crippen molar-refractivity contribution < 1.29 is 5.11 Å². The van der Waals surface area contributed by atoms with Crippen molar-refractivity contribution in [3.63, 3.8) is 0 Å². The molecule has 84 valence electrons. The van der Waals surface area contributed by atoms with Crippen LogP contribution in [0.1, 0.15) is 38.8 Å². The predicted octanol–water partition coefficient (Wildman–Crippen LogP) is 2.58. The lowest BCUT2D eigenvalue weighted by Gasteiger charge is -2.25. The first kappa shape index (κ1) is 11.1. The fraction of sp³-hybridized carbons (Fsp3) is 0.727. The molecule has 1 unspecified atom stereocenters. The van der Waals surface area contributed by atoms with E-state index in [2.05, 4.69) is 34.9 Å². The minimum Gasteiger partial charge on any atom is -0.384 e. The van der Waals surface area contributed by atoms with Crippen molar-refractivity contribution in [2.24, 2.45) is 12.5 Å². The molecule has 4 heteroatoms. The van der Waals surface area contributed by atoms with Gasteiger partial charge in [0.05, 0.1) is 16.4 Å². The second-order valence-corrected chi connectivity index (χ2v) is 6.19. The first-order chi connectivity index (χ1) is 6.84. The summed E-state index contributed by atoms with van der Waals surface area (Å²) >= 11 is 3.46. The van der Waals surface area contributed by atoms with E-state index in [1.807, 2.05) is 7.05 Å². The van der Waals surface area contributed by atoms with E-state index in [-0.39, 0.29) is 5.41 Å². The van der Waals surface area contributed by atoms with E-state index in [0.717, 1.165) is 29.4 Å². The highest BCUT2D eigenvalue weighted by molar-refractivity contribution is 9.10. The number of hydrogen-bond acceptors (Lipinski definition) is 2. The van der Waals surface area contributed by atoms with Crippen molar-refractivity contribution in [3.05, 3.63) is 16.4 Å². The minimum atomic E-state index is -0.715. The number of rotatable bonds is 1. The van der Waals surface area contributed by atoms with E-state index in [4.69, 9.17) is 0 Å². The zero-order valence-electron chi connectivity index (χ0n) is 9.42. The van der Waals surface area contributed by atoms with Gasteiger partial charge in [0.1, 0.15) is 5.60 Å². The lowest BCUT2D eigenvalue weighted by molar-refractivity contribution is 0.0251. The van der Waals surface area contributed by atoms with Gasteiger partial charge in [-0.2, -0.15) is 5.10 Å². The third kappa shape index (κ3) is 1.85. The highest BCUT2D eigenvalue weighted by atomic mass is 79.9. The summed E-state index contributed by atoms with van der Waals surface area (Å²) in [6.07, 6.45) is 4.43. The number of aliphatic hydroxyl groups is 1. The van der Waals surface area contributed by atoms with Crippen LogP contribution in [0.15, 0.2) is 10.7 Å². The van der Waals surface area contributed by atoms with Crippen LogP contribution in [0.25, 0.3) is 0 Å². The van der Waals surface area contributed by atoms with E-state index in [0.29, 0.717) is 0 Å². The second-order valence-electron chi connectivity index (χ2n) is 5.34. The highest BCUT2D eigenvalue weighted by Crippen LogP contribution is 2.50. The van der Waals surface area contributed by atoms with E-state index in [1.165, 1.54) is 0 Å². The molecule has 0 saturated heterocycles. The van der Waals surface area contributed by atoms with Gasteiger partial charge in [-0.05, 0) is 40.6 Å². The summed E-state index contributed by atoms with van der Waals surface area (Å²) in [5.41, 5.74) is 0.416. The number of hydrogen-bond donors (Lipinski definition) is 1. The summed E-state index contributed by atoms with van der Waals surface area (Å²) in [7, 11) is 1.88. The maximum atomic E-state index is 10.7. The topological polar surface area (TPSA) is 38.0 Å². The fourth-order valence-corrected chi connectivity index (χ4v) is 3.37. The van der Waals surface area contributed by atoms with Crippen LogP contribution in [-0.4, -0.2) is 14.9 Å². The van der Waals surface area contributed by atoms with Gasteiger partial charge in [0.2, 0.25) is 0 Å². The summed E-state index contributed by atoms with van der Waals surface area (Å²) in [4.78, 5) is 0. The molecule has 2 rings (SSSR count). The first-order valence-electron chi connectivity index (χ1n) is 5.24. The van der Waals surface area contributed by atoms with Crippen molar-refractivity contribution in [1.82, 2.24) is 9.78 Å². The van der Waals surface area contributed by atoms with Crippen LogP contribution >= 0.6 is 15.9 Å². The van der Waals surface area contributed by atoms with E-state index in [1.54, 1.807) is 10.9 Å². The Morgan fingerprint density at radius 2 is 2.13 bits per heavy atom. The standard InChI is InChI=1S/C11H17BrN2O/c1-10(2)4-5-11(15,7-10)9-8(12)6-13-14(9)3/h6,15H,4-5,7H2,1-3H3. The van der Waals surface area contributed by atoms with E-state index >= 15 is 0 Å². The van der Waals surface area contributed by atoms with Gasteiger partial charge in [-0.1, -0.05) is 13.8 Å². The maximum absolute atomic E-state index is 10.7. The molecule has 1 heterocycles. The molecule has 0 aliphatic heterocycles. The molecular formula is C11H17BrN2O. The Balaban J connectivity index is 2.40. The first-order valence-corrected chi connectivity index (χ1v) is 6.04. The molecule has 1 saturated carbocycles. The smallest absolute Gasteiger partial charge is 0.108 e. The van der Waals surface area contributed by atoms with Crippen molar-refractivity contribution in [3.8, 4) is 0 Å². The molecule has 1 atom stereocenters. The SMILES string of the molecule is Cn1ncc(Br)c1C1(O)CCC(C)(C)C1. The van der Waals surface area contributed by atoms with Gasteiger partial charge in [0.25, 0.3) is 0 Å². The Morgan fingerprint density at radius 1 is 1.47 bits per heavy atom. The van der Waals surface area contributed by atoms with Gasteiger partial charge < -0.3 is 5.11 Å². The summed E-state index contributed by atoms with van der Waals surface area (Å²) < 4.78 is 2.68. The molecule has 1 aromatic rings. The largest absolute Gasteiger partial charge is 0.384 e. The van der Waals surface area contributed by atoms with Crippen LogP contribution in [0.4, 0.5) is 0 Å². The molecular weight excluding hydrogens is 256 g/mol. The zero-order chi connectivity index (χ0) is 11.3. The van der Waals surface area contributed by atoms with Crippen LogP contribution in [0, 0.1) is 5.41 Å². The lowest BCUT2D eigenvalue weighted by atomic mass is 9.88. The zero-order valence-corrected chi connectivity index (χ0v) is 11.0. The van der Waals surface area contributed by atoms with Crippen LogP contribution in [0.3, 0.4) is 0 Å². The van der Waals surface area contributed by atoms with Gasteiger partial charge in [0.15, 0.2) is 0 Å². The van der Waals surface area contributed by atoms with Gasteiger partial charge in [-0.15, -0.1) is 0 Å². The minimum absolute atomic E-state index is 0.221. The molecule has 1 fully saturated rings. The third-order valence-electron chi connectivity index (χ3n) is 3.32. The maximum Gasteiger partial charge on any atom is 0.108 e. The third-order valence-corrected chi connectivity index (χ3v) is 3.90. The Hall–Kier alpha value is -0.350. The number of nitrogens with zero attached hydrogens (tertiary/aromatic N) is 2. The van der Waals surface area contributed by atoms with E-state index in [9.17, 15) is 5.11 Å². The summed E-state index contributed by atoms with van der Waals surface area (Å²) in [6.45, 7) is 4.41. The molecule has 1 aliphatic rings. The van der Waals surface area contributed by atoms with Crippen LogP contribution in [0.5, 0.6) is 0 Å².